The normalized spacial score (nSPS) is 20.0. The average Bonchev–Trinajstić information content (AvgIpc) is 3.14. The number of nitrogens with one attached hydrogen (secondary N) is 1. The number of likely N-dealkylation sites (tertiary alicyclic amines) is 1. The van der Waals surface area contributed by atoms with Crippen LogP contribution in [-0.4, -0.2) is 45.8 Å². The van der Waals surface area contributed by atoms with Gasteiger partial charge < -0.3 is 15.1 Å². The maximum Gasteiger partial charge on any atom is 0.338 e. The summed E-state index contributed by atoms with van der Waals surface area (Å²) >= 11 is 1.27. The first-order chi connectivity index (χ1) is 9.82. The predicted molar refractivity (Wildman–Crippen MR) is 79.0 cm³/mol. The summed E-state index contributed by atoms with van der Waals surface area (Å²) in [6.45, 7) is 4.22. The summed E-state index contributed by atoms with van der Waals surface area (Å²) in [5.74, 6) is -0.715. The number of aromatic carboxylic acids is 1. The predicted octanol–water partition coefficient (Wildman–Crippen LogP) is 2.05. The molecule has 0 aromatic carbocycles. The minimum absolute atomic E-state index is 0.156. The number of hydrogen-bond donors (Lipinski definition) is 3. The van der Waals surface area contributed by atoms with E-state index in [9.17, 15) is 19.8 Å². The van der Waals surface area contributed by atoms with Gasteiger partial charge in [-0.05, 0) is 38.2 Å². The van der Waals surface area contributed by atoms with Gasteiger partial charge in [0.2, 0.25) is 0 Å². The molecule has 0 unspecified atom stereocenters. The highest BCUT2D eigenvalue weighted by atomic mass is 32.1. The molecule has 3 rings (SSSR count). The zero-order valence-corrected chi connectivity index (χ0v) is 12.8. The Morgan fingerprint density at radius 2 is 1.95 bits per heavy atom. The van der Waals surface area contributed by atoms with Crippen molar-refractivity contribution in [3.8, 4) is 0 Å². The molecule has 2 amide bonds. The number of thiophene rings is 1. The number of aryl methyl sites for hydroxylation is 1. The van der Waals surface area contributed by atoms with E-state index in [4.69, 9.17) is 0 Å². The van der Waals surface area contributed by atoms with Crippen LogP contribution in [0.5, 0.6) is 0 Å². The monoisotopic (exact) mass is 310 g/mol. The summed E-state index contributed by atoms with van der Waals surface area (Å²) in [5, 5.41) is 22.5. The number of aliphatic hydroxyl groups is 1. The van der Waals surface area contributed by atoms with Crippen LogP contribution in [0.15, 0.2) is 0 Å². The van der Waals surface area contributed by atoms with E-state index in [1.54, 1.807) is 6.92 Å². The summed E-state index contributed by atoms with van der Waals surface area (Å²) in [7, 11) is 0. The van der Waals surface area contributed by atoms with Crippen LogP contribution in [0.2, 0.25) is 0 Å². The second-order valence-electron chi connectivity index (χ2n) is 5.96. The van der Waals surface area contributed by atoms with Crippen LogP contribution in [0.1, 0.15) is 33.6 Å². The molecule has 3 N–H and O–H groups in total. The highest BCUT2D eigenvalue weighted by Gasteiger charge is 2.53. The summed E-state index contributed by atoms with van der Waals surface area (Å²) in [6.07, 6.45) is 2.05. The van der Waals surface area contributed by atoms with Gasteiger partial charge in [0, 0.05) is 4.88 Å². The molecule has 7 heteroatoms. The van der Waals surface area contributed by atoms with Gasteiger partial charge in [0.25, 0.3) is 0 Å². The van der Waals surface area contributed by atoms with E-state index in [1.807, 2.05) is 6.92 Å². The first kappa shape index (κ1) is 14.3. The molecule has 1 aliphatic heterocycles. The number of urea groups is 1. The number of amides is 2. The first-order valence-corrected chi connectivity index (χ1v) is 7.75. The number of carboxylic acids is 1. The third-order valence-electron chi connectivity index (χ3n) is 4.37. The van der Waals surface area contributed by atoms with E-state index in [0.717, 1.165) is 17.7 Å². The van der Waals surface area contributed by atoms with Crippen molar-refractivity contribution in [1.29, 1.82) is 0 Å². The van der Waals surface area contributed by atoms with Gasteiger partial charge in [-0.1, -0.05) is 0 Å². The van der Waals surface area contributed by atoms with Crippen molar-refractivity contribution in [1.82, 2.24) is 4.90 Å². The summed E-state index contributed by atoms with van der Waals surface area (Å²) in [5.41, 5.74) is 0.110. The summed E-state index contributed by atoms with van der Waals surface area (Å²) < 4.78 is 0. The van der Waals surface area contributed by atoms with E-state index < -0.39 is 11.6 Å². The van der Waals surface area contributed by atoms with Gasteiger partial charge in [-0.25, -0.2) is 9.59 Å². The Morgan fingerprint density at radius 3 is 2.48 bits per heavy atom. The third-order valence-corrected chi connectivity index (χ3v) is 5.50. The lowest BCUT2D eigenvalue weighted by Gasteiger charge is -2.46. The molecule has 114 valence electrons. The van der Waals surface area contributed by atoms with Crippen molar-refractivity contribution in [2.24, 2.45) is 5.92 Å². The van der Waals surface area contributed by atoms with Gasteiger partial charge in [0.05, 0.1) is 18.7 Å². The Labute approximate surface area is 126 Å². The van der Waals surface area contributed by atoms with Crippen LogP contribution in [0.3, 0.4) is 0 Å². The Kier molecular flexibility index (Phi) is 3.22. The highest BCUT2D eigenvalue weighted by molar-refractivity contribution is 7.16. The number of anilines is 1. The van der Waals surface area contributed by atoms with Crippen molar-refractivity contribution in [3.05, 3.63) is 16.0 Å². The molecule has 1 saturated carbocycles. The van der Waals surface area contributed by atoms with Crippen LogP contribution in [0.4, 0.5) is 9.80 Å². The third kappa shape index (κ3) is 2.40. The molecule has 0 atom stereocenters. The zero-order valence-electron chi connectivity index (χ0n) is 12.0. The fourth-order valence-corrected chi connectivity index (χ4v) is 3.83. The van der Waals surface area contributed by atoms with E-state index >= 15 is 0 Å². The summed E-state index contributed by atoms with van der Waals surface area (Å²) in [6, 6.07) is -0.343. The van der Waals surface area contributed by atoms with E-state index in [0.29, 0.717) is 29.6 Å². The fraction of sp³-hybridized carbons (Fsp3) is 0.571. The lowest BCUT2D eigenvalue weighted by atomic mass is 9.89. The molecule has 1 saturated heterocycles. The van der Waals surface area contributed by atoms with Gasteiger partial charge in [0.15, 0.2) is 0 Å². The molecule has 1 aliphatic carbocycles. The van der Waals surface area contributed by atoms with Crippen LogP contribution in [-0.2, 0) is 0 Å². The van der Waals surface area contributed by atoms with Crippen molar-refractivity contribution < 1.29 is 19.8 Å². The Bertz CT molecular complexity index is 615. The number of carbonyl (C=O) groups excluding carboxylic acids is 1. The smallest absolute Gasteiger partial charge is 0.338 e. The Hall–Kier alpha value is -1.60. The molecule has 2 aliphatic rings. The van der Waals surface area contributed by atoms with Gasteiger partial charge in [0.1, 0.15) is 10.6 Å². The van der Waals surface area contributed by atoms with Gasteiger partial charge >= 0.3 is 12.0 Å². The molecule has 6 nitrogen and oxygen atoms in total. The Morgan fingerprint density at radius 1 is 1.33 bits per heavy atom. The van der Waals surface area contributed by atoms with E-state index in [1.165, 1.54) is 16.2 Å². The maximum absolute atomic E-state index is 12.1. The average molecular weight is 310 g/mol. The largest absolute Gasteiger partial charge is 0.478 e. The van der Waals surface area contributed by atoms with Crippen molar-refractivity contribution in [2.75, 3.05) is 18.4 Å². The van der Waals surface area contributed by atoms with Crippen LogP contribution >= 0.6 is 11.3 Å². The first-order valence-electron chi connectivity index (χ1n) is 6.93. The van der Waals surface area contributed by atoms with Crippen LogP contribution in [0.25, 0.3) is 0 Å². The van der Waals surface area contributed by atoms with E-state index in [2.05, 4.69) is 5.32 Å². The lowest BCUT2D eigenvalue weighted by Crippen LogP contribution is -2.65. The number of carboxylic acid groups (broad SMARTS) is 1. The van der Waals surface area contributed by atoms with Crippen molar-refractivity contribution in [3.63, 3.8) is 0 Å². The number of nitrogens with zero attached hydrogens (tertiary/aromatic N) is 1. The highest BCUT2D eigenvalue weighted by Crippen LogP contribution is 2.44. The van der Waals surface area contributed by atoms with Gasteiger partial charge in [-0.15, -0.1) is 11.3 Å². The molecular weight excluding hydrogens is 292 g/mol. The second-order valence-corrected chi connectivity index (χ2v) is 7.18. The van der Waals surface area contributed by atoms with E-state index in [-0.39, 0.29) is 11.6 Å². The van der Waals surface area contributed by atoms with Crippen molar-refractivity contribution in [2.45, 2.75) is 32.3 Å². The van der Waals surface area contributed by atoms with Crippen LogP contribution in [0, 0.1) is 19.8 Å². The number of carbonyl (C=O) groups is 2. The molecule has 1 aromatic rings. The lowest BCUT2D eigenvalue weighted by molar-refractivity contribution is -0.0897. The summed E-state index contributed by atoms with van der Waals surface area (Å²) in [4.78, 5) is 25.8. The number of hydrogen-bond acceptors (Lipinski definition) is 4. The van der Waals surface area contributed by atoms with Crippen molar-refractivity contribution >= 4 is 28.3 Å². The van der Waals surface area contributed by atoms with Crippen LogP contribution < -0.4 is 5.32 Å². The molecule has 2 heterocycles. The molecule has 0 bridgehead atoms. The van der Waals surface area contributed by atoms with Gasteiger partial charge in [-0.2, -0.15) is 0 Å². The minimum Gasteiger partial charge on any atom is -0.478 e. The molecular formula is C14H18N2O4S. The zero-order chi connectivity index (χ0) is 15.4. The standard InChI is InChI=1S/C14H18N2O4S/c1-7-8(2)21-11(10(7)12(17)18)15-13(19)16-5-14(20,6-16)9-3-4-9/h9,20H,3-6H2,1-2H3,(H,15,19)(H,17,18). The maximum atomic E-state index is 12.1. The number of rotatable bonds is 3. The second kappa shape index (κ2) is 4.71. The topological polar surface area (TPSA) is 89.9 Å². The molecule has 1 aromatic heterocycles. The van der Waals surface area contributed by atoms with Gasteiger partial charge in [-0.3, -0.25) is 5.32 Å². The molecule has 0 spiro atoms. The molecule has 0 radical (unpaired) electrons. The fourth-order valence-electron chi connectivity index (χ4n) is 2.79. The molecule has 2 fully saturated rings. The number of β-amino-alcohol motifs (C(OH)–C–C–N with tert-alkyl or cyclic N) is 1. The quantitative estimate of drug-likeness (QED) is 0.797. The molecule has 21 heavy (non-hydrogen) atoms. The SMILES string of the molecule is Cc1sc(NC(=O)N2CC(O)(C3CC3)C2)c(C(=O)O)c1C. The minimum atomic E-state index is -1.04. The Balaban J connectivity index is 1.69.